The van der Waals surface area contributed by atoms with Crippen molar-refractivity contribution in [3.05, 3.63) is 35.9 Å². The zero-order valence-electron chi connectivity index (χ0n) is 20.2. The van der Waals surface area contributed by atoms with Crippen LogP contribution in [-0.2, 0) is 19.0 Å². The van der Waals surface area contributed by atoms with Gasteiger partial charge in [0, 0.05) is 12.8 Å². The van der Waals surface area contributed by atoms with Gasteiger partial charge in [0.2, 0.25) is 0 Å². The van der Waals surface area contributed by atoms with E-state index in [-0.39, 0.29) is 42.1 Å². The van der Waals surface area contributed by atoms with Gasteiger partial charge in [0.25, 0.3) is 0 Å². The first-order valence-corrected chi connectivity index (χ1v) is 13.2. The van der Waals surface area contributed by atoms with Crippen molar-refractivity contribution in [3.63, 3.8) is 0 Å². The molecule has 10 unspecified atom stereocenters. The molecule has 0 amide bonds. The molecule has 1 heterocycles. The molecule has 0 aromatic heterocycles. The minimum absolute atomic E-state index is 0.0195. The number of esters is 2. The first kappa shape index (κ1) is 22.5. The second-order valence-corrected chi connectivity index (χ2v) is 11.5. The van der Waals surface area contributed by atoms with E-state index >= 15 is 0 Å². The van der Waals surface area contributed by atoms with Crippen LogP contribution in [0.3, 0.4) is 0 Å². The molecule has 6 rings (SSSR count). The van der Waals surface area contributed by atoms with Crippen molar-refractivity contribution in [1.82, 2.24) is 0 Å². The second-order valence-electron chi connectivity index (χ2n) is 11.5. The third-order valence-electron chi connectivity index (χ3n) is 10.0. The van der Waals surface area contributed by atoms with E-state index in [1.54, 1.807) is 12.1 Å². The molecule has 1 aromatic rings. The van der Waals surface area contributed by atoms with Crippen LogP contribution in [0.15, 0.2) is 30.3 Å². The second kappa shape index (κ2) is 8.06. The fourth-order valence-electron chi connectivity index (χ4n) is 8.77. The van der Waals surface area contributed by atoms with Crippen molar-refractivity contribution in [3.8, 4) is 0 Å². The molecule has 4 aliphatic carbocycles. The Morgan fingerprint density at radius 3 is 2.62 bits per heavy atom. The standard InChI is InChI=1S/C28H36O6/c1-16(32-17(2)29)23-12-13-27(31)24-11-8-19-14-20(33-26(30)18-6-4-3-5-7-18)9-10-21(19)22(24)15-25-28(23,27)34-25/h3-7,16,19-25,31H,8-15H2,1-2H3. The van der Waals surface area contributed by atoms with Crippen LogP contribution in [0.1, 0.15) is 75.6 Å². The van der Waals surface area contributed by atoms with Crippen LogP contribution in [-0.4, -0.2) is 46.6 Å². The van der Waals surface area contributed by atoms with E-state index in [1.165, 1.54) is 6.92 Å². The van der Waals surface area contributed by atoms with Crippen molar-refractivity contribution in [2.75, 3.05) is 0 Å². The first-order chi connectivity index (χ1) is 16.3. The Kier molecular flexibility index (Phi) is 5.34. The number of rotatable bonds is 4. The molecule has 6 heteroatoms. The molecule has 1 saturated heterocycles. The molecule has 1 aliphatic heterocycles. The van der Waals surface area contributed by atoms with Crippen LogP contribution < -0.4 is 0 Å². The summed E-state index contributed by atoms with van der Waals surface area (Å²) in [7, 11) is 0. The molecule has 0 radical (unpaired) electrons. The van der Waals surface area contributed by atoms with Gasteiger partial charge in [0.1, 0.15) is 17.8 Å². The number of epoxide rings is 1. The van der Waals surface area contributed by atoms with Gasteiger partial charge in [-0.05, 0) is 94.1 Å². The van der Waals surface area contributed by atoms with Gasteiger partial charge in [-0.15, -0.1) is 0 Å². The van der Waals surface area contributed by atoms with E-state index in [2.05, 4.69) is 0 Å². The highest BCUT2D eigenvalue weighted by molar-refractivity contribution is 5.89. The molecule has 1 N–H and O–H groups in total. The van der Waals surface area contributed by atoms with Gasteiger partial charge in [0.15, 0.2) is 0 Å². The fourth-order valence-corrected chi connectivity index (χ4v) is 8.77. The molecule has 4 saturated carbocycles. The average Bonchev–Trinajstić information content (AvgIpc) is 3.46. The van der Waals surface area contributed by atoms with Gasteiger partial charge in [-0.3, -0.25) is 4.79 Å². The van der Waals surface area contributed by atoms with E-state index < -0.39 is 11.2 Å². The Morgan fingerprint density at radius 1 is 1.06 bits per heavy atom. The quantitative estimate of drug-likeness (QED) is 0.524. The van der Waals surface area contributed by atoms with Crippen LogP contribution in [0.4, 0.5) is 0 Å². The number of hydrogen-bond donors (Lipinski definition) is 1. The number of benzene rings is 1. The van der Waals surface area contributed by atoms with Crippen molar-refractivity contribution >= 4 is 11.9 Å². The summed E-state index contributed by atoms with van der Waals surface area (Å²) in [6.07, 6.45) is 7.30. The zero-order chi connectivity index (χ0) is 23.7. The SMILES string of the molecule is CC(=O)OC(C)C1CCC2(O)C3CCC4CC(OC(=O)c5ccccc5)CCC4C3CC3OC312. The molecule has 10 atom stereocenters. The number of ether oxygens (including phenoxy) is 3. The third kappa shape index (κ3) is 3.28. The Hall–Kier alpha value is -1.92. The van der Waals surface area contributed by atoms with Crippen molar-refractivity contribution in [1.29, 1.82) is 0 Å². The van der Waals surface area contributed by atoms with Crippen LogP contribution in [0.2, 0.25) is 0 Å². The predicted octanol–water partition coefficient (Wildman–Crippen LogP) is 4.29. The van der Waals surface area contributed by atoms with Crippen molar-refractivity contribution < 1.29 is 28.9 Å². The monoisotopic (exact) mass is 468 g/mol. The smallest absolute Gasteiger partial charge is 0.338 e. The molecule has 6 nitrogen and oxygen atoms in total. The number of aliphatic hydroxyl groups is 1. The maximum absolute atomic E-state index is 12.6. The molecular weight excluding hydrogens is 432 g/mol. The minimum Gasteiger partial charge on any atom is -0.462 e. The average molecular weight is 469 g/mol. The van der Waals surface area contributed by atoms with Gasteiger partial charge in [-0.1, -0.05) is 18.2 Å². The van der Waals surface area contributed by atoms with E-state index in [4.69, 9.17) is 14.2 Å². The molecule has 184 valence electrons. The molecule has 5 aliphatic rings. The van der Waals surface area contributed by atoms with Gasteiger partial charge in [0.05, 0.1) is 17.3 Å². The van der Waals surface area contributed by atoms with E-state index in [1.807, 2.05) is 25.1 Å². The highest BCUT2D eigenvalue weighted by Crippen LogP contribution is 2.71. The minimum atomic E-state index is -0.818. The first-order valence-electron chi connectivity index (χ1n) is 13.2. The maximum atomic E-state index is 12.6. The largest absolute Gasteiger partial charge is 0.462 e. The molecule has 1 spiro atoms. The van der Waals surface area contributed by atoms with Gasteiger partial charge in [-0.2, -0.15) is 0 Å². The summed E-state index contributed by atoms with van der Waals surface area (Å²) in [6, 6.07) is 9.24. The summed E-state index contributed by atoms with van der Waals surface area (Å²) in [5.41, 5.74) is -0.733. The summed E-state index contributed by atoms with van der Waals surface area (Å²) in [4.78, 5) is 24.1. The van der Waals surface area contributed by atoms with Crippen LogP contribution in [0.25, 0.3) is 0 Å². The van der Waals surface area contributed by atoms with Crippen LogP contribution in [0.5, 0.6) is 0 Å². The zero-order valence-corrected chi connectivity index (χ0v) is 20.2. The number of hydrogen-bond acceptors (Lipinski definition) is 6. The Labute approximate surface area is 201 Å². The third-order valence-corrected chi connectivity index (χ3v) is 10.0. The van der Waals surface area contributed by atoms with E-state index in [0.29, 0.717) is 23.3 Å². The lowest BCUT2D eigenvalue weighted by Gasteiger charge is -2.54. The van der Waals surface area contributed by atoms with Crippen molar-refractivity contribution in [2.45, 2.75) is 94.7 Å². The fraction of sp³-hybridized carbons (Fsp3) is 0.714. The Balaban J connectivity index is 1.14. The number of fused-ring (bicyclic) bond motifs is 4. The lowest BCUT2D eigenvalue weighted by atomic mass is 9.51. The summed E-state index contributed by atoms with van der Waals surface area (Å²) < 4.78 is 17.8. The molecule has 1 aromatic carbocycles. The predicted molar refractivity (Wildman–Crippen MR) is 124 cm³/mol. The number of carbonyl (C=O) groups is 2. The molecule has 0 bridgehead atoms. The summed E-state index contributed by atoms with van der Waals surface area (Å²) >= 11 is 0. The summed E-state index contributed by atoms with van der Waals surface area (Å²) in [5, 5.41) is 12.1. The van der Waals surface area contributed by atoms with Gasteiger partial charge in [-0.25, -0.2) is 4.79 Å². The Morgan fingerprint density at radius 2 is 1.85 bits per heavy atom. The highest BCUT2D eigenvalue weighted by atomic mass is 16.6. The Bertz CT molecular complexity index is 963. The molecule has 34 heavy (non-hydrogen) atoms. The molecule has 5 fully saturated rings. The topological polar surface area (TPSA) is 85.4 Å². The lowest BCUT2D eigenvalue weighted by molar-refractivity contribution is -0.159. The van der Waals surface area contributed by atoms with Crippen LogP contribution >= 0.6 is 0 Å². The normalized spacial score (nSPS) is 45.1. The van der Waals surface area contributed by atoms with Gasteiger partial charge >= 0.3 is 11.9 Å². The van der Waals surface area contributed by atoms with Crippen LogP contribution in [0, 0.1) is 29.6 Å². The maximum Gasteiger partial charge on any atom is 0.338 e. The lowest BCUT2D eigenvalue weighted by Crippen LogP contribution is -2.61. The number of carbonyl (C=O) groups excluding carboxylic acids is 2. The van der Waals surface area contributed by atoms with E-state index in [9.17, 15) is 14.7 Å². The molecular formula is C28H36O6. The van der Waals surface area contributed by atoms with Gasteiger partial charge < -0.3 is 19.3 Å². The summed E-state index contributed by atoms with van der Waals surface area (Å²) in [6.45, 7) is 3.40. The van der Waals surface area contributed by atoms with Crippen molar-refractivity contribution in [2.24, 2.45) is 29.6 Å². The van der Waals surface area contributed by atoms with E-state index in [0.717, 1.165) is 51.4 Å². The highest BCUT2D eigenvalue weighted by Gasteiger charge is 2.81. The summed E-state index contributed by atoms with van der Waals surface area (Å²) in [5.74, 6) is 1.37.